The summed E-state index contributed by atoms with van der Waals surface area (Å²) in [6.07, 6.45) is -5.00. The number of carboxylic acid groups (broad SMARTS) is 1. The monoisotopic (exact) mass is 680 g/mol. The minimum Gasteiger partial charge on any atom is -0.625 e. The van der Waals surface area contributed by atoms with Gasteiger partial charge in [-0.1, -0.05) is 84.9 Å². The minimum atomic E-state index is -5.14. The zero-order chi connectivity index (χ0) is 32.6. The molecule has 4 rings (SSSR count). The van der Waals surface area contributed by atoms with Crippen LogP contribution in [0.5, 0.6) is 0 Å². The molecule has 3 atom stereocenters. The van der Waals surface area contributed by atoms with E-state index in [1.165, 1.54) is 13.0 Å². The SMILES string of the molecule is CCOC(=O)C[C@](C)(C(N=C(c1ccccc1)c1ccccc1[N-]C(=O)C1CCCN1Cc1ccccc1)C(=O)O)C(F)(F)F.[Ni]. The van der Waals surface area contributed by atoms with Gasteiger partial charge in [0.2, 0.25) is 0 Å². The Morgan fingerprint density at radius 3 is 2.22 bits per heavy atom. The van der Waals surface area contributed by atoms with Crippen molar-refractivity contribution >= 4 is 29.2 Å². The number of hydrogen-bond donors (Lipinski definition) is 1. The van der Waals surface area contributed by atoms with Gasteiger partial charge in [0, 0.05) is 28.6 Å². The Morgan fingerprint density at radius 2 is 1.61 bits per heavy atom. The average molecular weight is 681 g/mol. The Labute approximate surface area is 276 Å². The van der Waals surface area contributed by atoms with Crippen molar-refractivity contribution < 1.29 is 53.9 Å². The summed E-state index contributed by atoms with van der Waals surface area (Å²) in [5.74, 6) is -3.49. The first kappa shape index (κ1) is 36.5. The van der Waals surface area contributed by atoms with E-state index in [4.69, 9.17) is 4.74 Å². The summed E-state index contributed by atoms with van der Waals surface area (Å²) in [7, 11) is 0. The van der Waals surface area contributed by atoms with Gasteiger partial charge < -0.3 is 20.0 Å². The summed E-state index contributed by atoms with van der Waals surface area (Å²) >= 11 is 0. The van der Waals surface area contributed by atoms with Crippen LogP contribution in [-0.4, -0.2) is 65.0 Å². The number of amides is 1. The molecule has 8 nitrogen and oxygen atoms in total. The molecule has 0 aromatic heterocycles. The molecular formula is C34H35F3N3NiO5-. The van der Waals surface area contributed by atoms with Crippen molar-refractivity contribution in [2.24, 2.45) is 10.4 Å². The predicted octanol–water partition coefficient (Wildman–Crippen LogP) is 6.69. The number of benzene rings is 3. The van der Waals surface area contributed by atoms with Crippen molar-refractivity contribution in [2.75, 3.05) is 13.2 Å². The first-order valence-corrected chi connectivity index (χ1v) is 14.7. The fourth-order valence-corrected chi connectivity index (χ4v) is 5.44. The van der Waals surface area contributed by atoms with Gasteiger partial charge in [-0.2, -0.15) is 13.2 Å². The van der Waals surface area contributed by atoms with Crippen LogP contribution in [0.25, 0.3) is 5.32 Å². The Bertz CT molecular complexity index is 1520. The van der Waals surface area contributed by atoms with Crippen molar-refractivity contribution in [2.45, 2.75) is 57.9 Å². The second kappa shape index (κ2) is 16.0. The third kappa shape index (κ3) is 8.61. The van der Waals surface area contributed by atoms with Gasteiger partial charge in [0.25, 0.3) is 0 Å². The summed E-state index contributed by atoms with van der Waals surface area (Å²) in [6.45, 7) is 3.18. The number of esters is 1. The van der Waals surface area contributed by atoms with E-state index in [1.807, 2.05) is 35.2 Å². The van der Waals surface area contributed by atoms with Gasteiger partial charge in [-0.15, -0.1) is 5.69 Å². The molecule has 1 heterocycles. The number of alkyl halides is 3. The summed E-state index contributed by atoms with van der Waals surface area (Å²) in [5.41, 5.74) is -1.55. The molecule has 1 aliphatic heterocycles. The van der Waals surface area contributed by atoms with Gasteiger partial charge >= 0.3 is 18.1 Å². The van der Waals surface area contributed by atoms with Crippen molar-refractivity contribution in [3.05, 3.63) is 107 Å². The molecule has 1 amide bonds. The third-order valence-corrected chi connectivity index (χ3v) is 7.87. The molecule has 0 aliphatic carbocycles. The number of para-hydroxylation sites is 1. The van der Waals surface area contributed by atoms with Crippen LogP contribution in [0.1, 0.15) is 49.8 Å². The van der Waals surface area contributed by atoms with Crippen LogP contribution in [0.15, 0.2) is 89.9 Å². The molecule has 0 saturated carbocycles. The maximum atomic E-state index is 14.6. The number of aliphatic imine (C=N–C) groups is 1. The fraction of sp³-hybridized carbons (Fsp3) is 0.353. The number of rotatable bonds is 12. The molecule has 3 aromatic carbocycles. The van der Waals surface area contributed by atoms with Gasteiger partial charge in [0.1, 0.15) is 5.41 Å². The molecule has 2 unspecified atom stereocenters. The van der Waals surface area contributed by atoms with E-state index in [0.717, 1.165) is 12.0 Å². The van der Waals surface area contributed by atoms with E-state index in [-0.39, 0.29) is 40.1 Å². The van der Waals surface area contributed by atoms with Crippen molar-refractivity contribution in [3.8, 4) is 0 Å². The molecule has 1 saturated heterocycles. The van der Waals surface area contributed by atoms with Crippen LogP contribution in [0.2, 0.25) is 0 Å². The molecule has 46 heavy (non-hydrogen) atoms. The normalized spacial score (nSPS) is 17.3. The van der Waals surface area contributed by atoms with E-state index in [2.05, 4.69) is 10.3 Å². The Kier molecular flexibility index (Phi) is 12.7. The topological polar surface area (TPSA) is 110 Å². The Balaban J connectivity index is 0.00000576. The predicted molar refractivity (Wildman–Crippen MR) is 163 cm³/mol. The molecule has 0 bridgehead atoms. The average Bonchev–Trinajstić information content (AvgIpc) is 3.46. The molecular weight excluding hydrogens is 646 g/mol. The summed E-state index contributed by atoms with van der Waals surface area (Å²) in [5, 5.41) is 14.5. The van der Waals surface area contributed by atoms with Crippen LogP contribution in [0, 0.1) is 5.41 Å². The molecule has 12 heteroatoms. The van der Waals surface area contributed by atoms with Crippen LogP contribution < -0.4 is 0 Å². The molecule has 3 aromatic rings. The van der Waals surface area contributed by atoms with Crippen molar-refractivity contribution in [1.29, 1.82) is 0 Å². The number of carbonyl (C=O) groups is 3. The van der Waals surface area contributed by atoms with Crippen LogP contribution in [0.3, 0.4) is 0 Å². The molecule has 1 fully saturated rings. The van der Waals surface area contributed by atoms with Gasteiger partial charge in [-0.25, -0.2) is 4.79 Å². The van der Waals surface area contributed by atoms with E-state index < -0.39 is 47.9 Å². The summed E-state index contributed by atoms with van der Waals surface area (Å²) < 4.78 is 48.5. The maximum Gasteiger partial charge on any atom is 0.397 e. The van der Waals surface area contributed by atoms with Gasteiger partial charge in [0.05, 0.1) is 30.7 Å². The number of nitrogens with zero attached hydrogens (tertiary/aromatic N) is 3. The molecule has 1 N–H and O–H groups in total. The van der Waals surface area contributed by atoms with E-state index in [1.54, 1.807) is 48.5 Å². The largest absolute Gasteiger partial charge is 0.625 e. The number of carboxylic acids is 1. The zero-order valence-corrected chi connectivity index (χ0v) is 26.3. The third-order valence-electron chi connectivity index (χ3n) is 7.87. The standard InChI is InChI=1S/C34H36F3N3O5.Ni/c1-3-45-28(41)21-33(2,34(35,36)37)30(32(43)44)39-29(24-15-8-5-9-16-24)25-17-10-11-18-26(25)38-31(42)27-19-12-20-40(27)22-23-13-6-4-7-14-23;/h4-11,13-18,27,30H,3,12,19-22H2,1-2H3,(H2,38,39,42,43,44);/p-1/t27?,30?,33-;/m1./s1. The number of carbonyl (C=O) groups excluding carboxylic acids is 2. The zero-order valence-electron chi connectivity index (χ0n) is 25.4. The number of halogens is 3. The van der Waals surface area contributed by atoms with E-state index in [0.29, 0.717) is 32.0 Å². The second-order valence-electron chi connectivity index (χ2n) is 11.1. The van der Waals surface area contributed by atoms with E-state index >= 15 is 0 Å². The van der Waals surface area contributed by atoms with Crippen molar-refractivity contribution in [1.82, 2.24) is 4.90 Å². The fourth-order valence-electron chi connectivity index (χ4n) is 5.44. The number of aliphatic carboxylic acids is 1. The Hall–Kier alpha value is -4.02. The minimum absolute atomic E-state index is 0. The maximum absolute atomic E-state index is 14.6. The summed E-state index contributed by atoms with van der Waals surface area (Å²) in [6, 6.07) is 21.2. The number of hydrogen-bond acceptors (Lipinski definition) is 6. The van der Waals surface area contributed by atoms with Crippen LogP contribution in [0.4, 0.5) is 18.9 Å². The molecule has 0 radical (unpaired) electrons. The number of likely N-dealkylation sites (tertiary alicyclic amines) is 1. The first-order chi connectivity index (χ1) is 21.4. The van der Waals surface area contributed by atoms with Crippen LogP contribution >= 0.6 is 0 Å². The van der Waals surface area contributed by atoms with Crippen molar-refractivity contribution in [3.63, 3.8) is 0 Å². The molecule has 248 valence electrons. The first-order valence-electron chi connectivity index (χ1n) is 14.7. The smallest absolute Gasteiger partial charge is 0.397 e. The van der Waals surface area contributed by atoms with Gasteiger partial charge in [-0.3, -0.25) is 14.7 Å². The Morgan fingerprint density at radius 1 is 1.00 bits per heavy atom. The molecule has 1 aliphatic rings. The second-order valence-corrected chi connectivity index (χ2v) is 11.1. The number of ether oxygens (including phenoxy) is 1. The van der Waals surface area contributed by atoms with Gasteiger partial charge in [0.15, 0.2) is 6.04 Å². The van der Waals surface area contributed by atoms with Crippen LogP contribution in [-0.2, 0) is 42.2 Å². The summed E-state index contributed by atoms with van der Waals surface area (Å²) in [4.78, 5) is 44.6. The molecule has 0 spiro atoms. The quantitative estimate of drug-likeness (QED) is 0.130. The van der Waals surface area contributed by atoms with Gasteiger partial charge in [-0.05, 0) is 44.4 Å². The van der Waals surface area contributed by atoms with E-state index in [9.17, 15) is 32.7 Å².